The summed E-state index contributed by atoms with van der Waals surface area (Å²) in [5.74, 6) is 0.847. The second-order valence-corrected chi connectivity index (χ2v) is 6.57. The highest BCUT2D eigenvalue weighted by atomic mass is 19.1. The maximum atomic E-state index is 13.3. The van der Waals surface area contributed by atoms with Crippen LogP contribution in [-0.4, -0.2) is 36.1 Å². The molecular formula is C20H27FN4. The summed E-state index contributed by atoms with van der Waals surface area (Å²) < 4.78 is 13.3. The molecule has 25 heavy (non-hydrogen) atoms. The Morgan fingerprint density at radius 1 is 1.16 bits per heavy atom. The average molecular weight is 342 g/mol. The third kappa shape index (κ3) is 4.15. The van der Waals surface area contributed by atoms with Crippen molar-refractivity contribution < 1.29 is 4.39 Å². The third-order valence-electron chi connectivity index (χ3n) is 4.83. The summed E-state index contributed by atoms with van der Waals surface area (Å²) in [7, 11) is 0. The molecule has 1 fully saturated rings. The van der Waals surface area contributed by atoms with Gasteiger partial charge in [-0.3, -0.25) is 0 Å². The van der Waals surface area contributed by atoms with Gasteiger partial charge in [-0.1, -0.05) is 32.4 Å². The van der Waals surface area contributed by atoms with E-state index in [1.807, 2.05) is 18.3 Å². The first-order valence-corrected chi connectivity index (χ1v) is 9.29. The van der Waals surface area contributed by atoms with Crippen molar-refractivity contribution in [1.29, 1.82) is 0 Å². The predicted octanol–water partition coefficient (Wildman–Crippen LogP) is 3.52. The molecule has 1 aromatic carbocycles. The van der Waals surface area contributed by atoms with Gasteiger partial charge in [-0.15, -0.1) is 0 Å². The molecule has 0 aliphatic carbocycles. The molecule has 0 amide bonds. The first-order valence-electron chi connectivity index (χ1n) is 9.29. The molecule has 5 heteroatoms. The highest BCUT2D eigenvalue weighted by molar-refractivity contribution is 5.39. The molecular weight excluding hydrogens is 315 g/mol. The van der Waals surface area contributed by atoms with Gasteiger partial charge in [0, 0.05) is 44.0 Å². The van der Waals surface area contributed by atoms with Crippen LogP contribution in [0.2, 0.25) is 0 Å². The number of benzene rings is 1. The van der Waals surface area contributed by atoms with Crippen molar-refractivity contribution in [3.8, 4) is 0 Å². The van der Waals surface area contributed by atoms with Crippen LogP contribution in [-0.2, 0) is 6.42 Å². The van der Waals surface area contributed by atoms with Gasteiger partial charge in [0.1, 0.15) is 5.82 Å². The number of aromatic nitrogens is 2. The van der Waals surface area contributed by atoms with Crippen LogP contribution in [0, 0.1) is 5.82 Å². The SMILES string of the molecule is CCCc1nc(N2CCNCC2)ncc1C(CC)c1ccc(F)cc1. The Morgan fingerprint density at radius 3 is 2.52 bits per heavy atom. The van der Waals surface area contributed by atoms with Gasteiger partial charge in [-0.05, 0) is 36.1 Å². The van der Waals surface area contributed by atoms with Crippen molar-refractivity contribution in [3.05, 3.63) is 53.1 Å². The fraction of sp³-hybridized carbons (Fsp3) is 0.500. The number of nitrogens with one attached hydrogen (secondary N) is 1. The zero-order valence-corrected chi connectivity index (χ0v) is 15.1. The van der Waals surface area contributed by atoms with Crippen molar-refractivity contribution in [2.75, 3.05) is 31.1 Å². The maximum absolute atomic E-state index is 13.3. The quantitative estimate of drug-likeness (QED) is 0.872. The molecule has 1 aliphatic heterocycles. The molecule has 2 aromatic rings. The molecule has 1 aromatic heterocycles. The van der Waals surface area contributed by atoms with E-state index < -0.39 is 0 Å². The Kier molecular flexibility index (Phi) is 5.97. The molecule has 3 rings (SSSR count). The number of hydrogen-bond acceptors (Lipinski definition) is 4. The second kappa shape index (κ2) is 8.39. The van der Waals surface area contributed by atoms with Crippen LogP contribution in [0.25, 0.3) is 0 Å². The van der Waals surface area contributed by atoms with E-state index in [9.17, 15) is 4.39 Å². The van der Waals surface area contributed by atoms with Gasteiger partial charge in [0.15, 0.2) is 0 Å². The molecule has 1 unspecified atom stereocenters. The molecule has 1 saturated heterocycles. The third-order valence-corrected chi connectivity index (χ3v) is 4.83. The molecule has 0 bridgehead atoms. The normalized spacial score (nSPS) is 16.0. The molecule has 1 N–H and O–H groups in total. The zero-order chi connectivity index (χ0) is 17.6. The minimum atomic E-state index is -0.197. The van der Waals surface area contributed by atoms with E-state index in [0.29, 0.717) is 0 Å². The standard InChI is InChI=1S/C20H27FN4/c1-3-5-19-18(17(4-2)15-6-8-16(21)9-7-15)14-23-20(24-19)25-12-10-22-11-13-25/h6-9,14,17,22H,3-5,10-13H2,1-2H3. The van der Waals surface area contributed by atoms with E-state index in [2.05, 4.69) is 29.0 Å². The topological polar surface area (TPSA) is 41.1 Å². The van der Waals surface area contributed by atoms with E-state index in [-0.39, 0.29) is 11.7 Å². The predicted molar refractivity (Wildman–Crippen MR) is 99.6 cm³/mol. The summed E-state index contributed by atoms with van der Waals surface area (Å²) in [6.07, 6.45) is 4.92. The van der Waals surface area contributed by atoms with E-state index in [0.717, 1.165) is 62.6 Å². The van der Waals surface area contributed by atoms with Crippen LogP contribution in [0.3, 0.4) is 0 Å². The van der Waals surface area contributed by atoms with Crippen LogP contribution in [0.5, 0.6) is 0 Å². The molecule has 134 valence electrons. The van der Waals surface area contributed by atoms with Gasteiger partial charge < -0.3 is 10.2 Å². The van der Waals surface area contributed by atoms with Gasteiger partial charge in [0.2, 0.25) is 5.95 Å². The smallest absolute Gasteiger partial charge is 0.225 e. The van der Waals surface area contributed by atoms with Crippen molar-refractivity contribution in [1.82, 2.24) is 15.3 Å². The number of halogens is 1. The summed E-state index contributed by atoms with van der Waals surface area (Å²) in [6, 6.07) is 6.83. The van der Waals surface area contributed by atoms with Gasteiger partial charge >= 0.3 is 0 Å². The summed E-state index contributed by atoms with van der Waals surface area (Å²) >= 11 is 0. The monoisotopic (exact) mass is 342 g/mol. The van der Waals surface area contributed by atoms with Gasteiger partial charge in [-0.25, -0.2) is 14.4 Å². The lowest BCUT2D eigenvalue weighted by atomic mass is 9.88. The van der Waals surface area contributed by atoms with E-state index in [4.69, 9.17) is 4.98 Å². The lowest BCUT2D eigenvalue weighted by molar-refractivity contribution is 0.577. The summed E-state index contributed by atoms with van der Waals surface area (Å²) in [5.41, 5.74) is 3.43. The Balaban J connectivity index is 1.94. The van der Waals surface area contributed by atoms with Crippen molar-refractivity contribution in [2.45, 2.75) is 39.0 Å². The van der Waals surface area contributed by atoms with Gasteiger partial charge in [0.25, 0.3) is 0 Å². The molecule has 4 nitrogen and oxygen atoms in total. The lowest BCUT2D eigenvalue weighted by Gasteiger charge is -2.28. The van der Waals surface area contributed by atoms with Crippen LogP contribution in [0.1, 0.15) is 49.4 Å². The highest BCUT2D eigenvalue weighted by Gasteiger charge is 2.20. The number of hydrogen-bond donors (Lipinski definition) is 1. The minimum Gasteiger partial charge on any atom is -0.338 e. The number of aryl methyl sites for hydroxylation is 1. The molecule has 2 heterocycles. The number of rotatable bonds is 6. The Morgan fingerprint density at radius 2 is 1.88 bits per heavy atom. The largest absolute Gasteiger partial charge is 0.338 e. The van der Waals surface area contributed by atoms with Crippen molar-refractivity contribution in [3.63, 3.8) is 0 Å². The molecule has 0 radical (unpaired) electrons. The van der Waals surface area contributed by atoms with E-state index >= 15 is 0 Å². The van der Waals surface area contributed by atoms with Crippen LogP contribution < -0.4 is 10.2 Å². The number of nitrogens with zero attached hydrogens (tertiary/aromatic N) is 3. The van der Waals surface area contributed by atoms with Crippen LogP contribution in [0.4, 0.5) is 10.3 Å². The Bertz CT molecular complexity index is 681. The molecule has 1 atom stereocenters. The Labute approximate surface area is 149 Å². The second-order valence-electron chi connectivity index (χ2n) is 6.57. The fourth-order valence-corrected chi connectivity index (χ4v) is 3.49. The van der Waals surface area contributed by atoms with Crippen molar-refractivity contribution in [2.24, 2.45) is 0 Å². The van der Waals surface area contributed by atoms with Gasteiger partial charge in [-0.2, -0.15) is 0 Å². The van der Waals surface area contributed by atoms with Gasteiger partial charge in [0.05, 0.1) is 0 Å². The number of anilines is 1. The van der Waals surface area contributed by atoms with Crippen molar-refractivity contribution >= 4 is 5.95 Å². The first kappa shape index (κ1) is 17.8. The minimum absolute atomic E-state index is 0.197. The molecule has 1 aliphatic rings. The fourth-order valence-electron chi connectivity index (χ4n) is 3.49. The zero-order valence-electron chi connectivity index (χ0n) is 15.1. The molecule has 0 spiro atoms. The van der Waals surface area contributed by atoms with Crippen LogP contribution >= 0.6 is 0 Å². The first-order chi connectivity index (χ1) is 12.2. The average Bonchev–Trinajstić information content (AvgIpc) is 2.66. The molecule has 0 saturated carbocycles. The van der Waals surface area contributed by atoms with E-state index in [1.165, 1.54) is 17.7 Å². The Hall–Kier alpha value is -2.01. The summed E-state index contributed by atoms with van der Waals surface area (Å²) in [4.78, 5) is 11.8. The summed E-state index contributed by atoms with van der Waals surface area (Å²) in [5, 5.41) is 3.36. The lowest BCUT2D eigenvalue weighted by Crippen LogP contribution is -2.44. The van der Waals surface area contributed by atoms with Crippen LogP contribution in [0.15, 0.2) is 30.5 Å². The maximum Gasteiger partial charge on any atom is 0.225 e. The number of piperazine rings is 1. The highest BCUT2D eigenvalue weighted by Crippen LogP contribution is 2.31. The van der Waals surface area contributed by atoms with E-state index in [1.54, 1.807) is 0 Å². The summed E-state index contributed by atoms with van der Waals surface area (Å²) in [6.45, 7) is 8.17.